The molecule has 0 unspecified atom stereocenters. The van der Waals surface area contributed by atoms with Crippen LogP contribution in [0, 0.1) is 0 Å². The van der Waals surface area contributed by atoms with Gasteiger partial charge in [0.25, 0.3) is 0 Å². The number of hydrogen-bond acceptors (Lipinski definition) is 4. The summed E-state index contributed by atoms with van der Waals surface area (Å²) in [6, 6.07) is 4.88. The molecule has 0 spiro atoms. The normalized spacial score (nSPS) is 12.3. The van der Waals surface area contributed by atoms with Crippen LogP contribution in [0.2, 0.25) is 5.02 Å². The predicted octanol–water partition coefficient (Wildman–Crippen LogP) is 2.32. The van der Waals surface area contributed by atoms with Crippen LogP contribution in [0.1, 0.15) is 26.7 Å². The predicted molar refractivity (Wildman–Crippen MR) is 88.1 cm³/mol. The fourth-order valence-electron chi connectivity index (χ4n) is 1.76. The minimum absolute atomic E-state index is 0.0673. The van der Waals surface area contributed by atoms with E-state index < -0.39 is 10.0 Å². The van der Waals surface area contributed by atoms with Gasteiger partial charge in [-0.2, -0.15) is 0 Å². The molecule has 0 atom stereocenters. The number of rotatable bonds is 8. The minimum Gasteiger partial charge on any atom is -0.399 e. The number of hydrogen-bond donors (Lipinski definition) is 2. The minimum atomic E-state index is -3.58. The van der Waals surface area contributed by atoms with E-state index in [1.54, 1.807) is 0 Å². The lowest BCUT2D eigenvalue weighted by molar-refractivity contribution is 0.268. The lowest BCUT2D eigenvalue weighted by Gasteiger charge is -2.20. The number of halogens is 1. The molecule has 21 heavy (non-hydrogen) atoms. The number of nitrogen functional groups attached to an aromatic ring is 1. The molecule has 0 bridgehead atoms. The molecule has 0 saturated carbocycles. The van der Waals surface area contributed by atoms with E-state index in [-0.39, 0.29) is 9.92 Å². The van der Waals surface area contributed by atoms with Crippen LogP contribution in [0.4, 0.5) is 5.69 Å². The van der Waals surface area contributed by atoms with Crippen LogP contribution >= 0.6 is 11.6 Å². The van der Waals surface area contributed by atoms with Gasteiger partial charge in [0.1, 0.15) is 4.90 Å². The van der Waals surface area contributed by atoms with Crippen molar-refractivity contribution in [3.05, 3.63) is 23.2 Å². The van der Waals surface area contributed by atoms with Crippen LogP contribution < -0.4 is 10.5 Å². The number of sulfonamides is 1. The molecule has 1 aromatic carbocycles. The third-order valence-electron chi connectivity index (χ3n) is 3.36. The van der Waals surface area contributed by atoms with Gasteiger partial charge in [0.15, 0.2) is 0 Å². The average molecular weight is 334 g/mol. The standard InChI is InChI=1S/C14H24ClN3O2S/c1-11(2)18(3)9-5-4-8-17-21(19,20)14-7-6-12(16)10-13(14)15/h6-7,10-11,17H,4-5,8-9,16H2,1-3H3. The van der Waals surface area contributed by atoms with Crippen molar-refractivity contribution in [2.24, 2.45) is 0 Å². The van der Waals surface area contributed by atoms with Crippen molar-refractivity contribution in [2.45, 2.75) is 37.6 Å². The van der Waals surface area contributed by atoms with Crippen LogP contribution in [0.5, 0.6) is 0 Å². The van der Waals surface area contributed by atoms with Crippen LogP contribution in [-0.2, 0) is 10.0 Å². The van der Waals surface area contributed by atoms with E-state index in [4.69, 9.17) is 17.3 Å². The molecule has 0 heterocycles. The van der Waals surface area contributed by atoms with Gasteiger partial charge in [-0.1, -0.05) is 11.6 Å². The van der Waals surface area contributed by atoms with Crippen molar-refractivity contribution >= 4 is 27.3 Å². The highest BCUT2D eigenvalue weighted by atomic mass is 35.5. The maximum absolute atomic E-state index is 12.1. The maximum atomic E-state index is 12.1. The summed E-state index contributed by atoms with van der Waals surface area (Å²) < 4.78 is 26.8. The Morgan fingerprint density at radius 1 is 1.33 bits per heavy atom. The Hall–Kier alpha value is -0.820. The fraction of sp³-hybridized carbons (Fsp3) is 0.571. The summed E-state index contributed by atoms with van der Waals surface area (Å²) in [6.45, 7) is 5.61. The third-order valence-corrected chi connectivity index (χ3v) is 5.30. The SMILES string of the molecule is CC(C)N(C)CCCCNS(=O)(=O)c1ccc(N)cc1Cl. The van der Waals surface area contributed by atoms with Crippen molar-refractivity contribution in [3.63, 3.8) is 0 Å². The third kappa shape index (κ3) is 5.82. The second-order valence-electron chi connectivity index (χ2n) is 5.37. The summed E-state index contributed by atoms with van der Waals surface area (Å²) in [4.78, 5) is 2.29. The molecule has 0 aliphatic heterocycles. The van der Waals surface area contributed by atoms with Gasteiger partial charge in [-0.05, 0) is 58.5 Å². The summed E-state index contributed by atoms with van der Waals surface area (Å²) in [7, 11) is -1.52. The quantitative estimate of drug-likeness (QED) is 0.565. The molecule has 0 aliphatic carbocycles. The molecule has 0 aliphatic rings. The van der Waals surface area contributed by atoms with Crippen molar-refractivity contribution < 1.29 is 8.42 Å². The Labute approximate surface area is 132 Å². The number of benzene rings is 1. The number of nitrogens with one attached hydrogen (secondary N) is 1. The van der Waals surface area contributed by atoms with E-state index in [1.165, 1.54) is 18.2 Å². The summed E-state index contributed by atoms with van der Waals surface area (Å²) in [5.41, 5.74) is 6.00. The van der Waals surface area contributed by atoms with E-state index >= 15 is 0 Å². The first-order valence-corrected chi connectivity index (χ1v) is 8.85. The number of nitrogens with zero attached hydrogens (tertiary/aromatic N) is 1. The molecule has 3 N–H and O–H groups in total. The molecule has 0 amide bonds. The van der Waals surface area contributed by atoms with Gasteiger partial charge < -0.3 is 10.6 Å². The van der Waals surface area contributed by atoms with Crippen LogP contribution in [0.25, 0.3) is 0 Å². The van der Waals surface area contributed by atoms with Crippen LogP contribution in [0.3, 0.4) is 0 Å². The number of nitrogens with two attached hydrogens (primary N) is 1. The van der Waals surface area contributed by atoms with E-state index in [2.05, 4.69) is 30.5 Å². The largest absolute Gasteiger partial charge is 0.399 e. The first-order valence-electron chi connectivity index (χ1n) is 6.99. The number of unbranched alkanes of at least 4 members (excludes halogenated alkanes) is 1. The highest BCUT2D eigenvalue weighted by molar-refractivity contribution is 7.89. The maximum Gasteiger partial charge on any atom is 0.242 e. The molecule has 120 valence electrons. The summed E-state index contributed by atoms with van der Waals surface area (Å²) in [6.07, 6.45) is 1.72. The summed E-state index contributed by atoms with van der Waals surface area (Å²) in [5.74, 6) is 0. The smallest absolute Gasteiger partial charge is 0.242 e. The highest BCUT2D eigenvalue weighted by Gasteiger charge is 2.17. The van der Waals surface area contributed by atoms with Gasteiger partial charge in [0, 0.05) is 18.3 Å². The van der Waals surface area contributed by atoms with E-state index in [0.29, 0.717) is 18.3 Å². The molecule has 1 aromatic rings. The van der Waals surface area contributed by atoms with Crippen molar-refractivity contribution in [3.8, 4) is 0 Å². The Kier molecular flexibility index (Phi) is 6.93. The monoisotopic (exact) mass is 333 g/mol. The Morgan fingerprint density at radius 3 is 2.57 bits per heavy atom. The summed E-state index contributed by atoms with van der Waals surface area (Å²) >= 11 is 5.92. The molecule has 0 saturated heterocycles. The fourth-order valence-corrected chi connectivity index (χ4v) is 3.39. The zero-order valence-corrected chi connectivity index (χ0v) is 14.3. The molecule has 0 aromatic heterocycles. The molecule has 0 radical (unpaired) electrons. The Morgan fingerprint density at radius 2 is 2.00 bits per heavy atom. The molecule has 7 heteroatoms. The second kappa shape index (κ2) is 7.98. The zero-order valence-electron chi connectivity index (χ0n) is 12.8. The van der Waals surface area contributed by atoms with Crippen molar-refractivity contribution in [2.75, 3.05) is 25.9 Å². The van der Waals surface area contributed by atoms with E-state index in [1.807, 2.05) is 0 Å². The molecule has 5 nitrogen and oxygen atoms in total. The number of anilines is 1. The molecular weight excluding hydrogens is 310 g/mol. The topological polar surface area (TPSA) is 75.4 Å². The van der Waals surface area contributed by atoms with Crippen LogP contribution in [0.15, 0.2) is 23.1 Å². The van der Waals surface area contributed by atoms with Gasteiger partial charge in [-0.3, -0.25) is 0 Å². The lowest BCUT2D eigenvalue weighted by atomic mass is 10.2. The second-order valence-corrected chi connectivity index (χ2v) is 7.51. The molecule has 0 fully saturated rings. The first kappa shape index (κ1) is 18.2. The Bertz CT molecular complexity index is 561. The first-order chi connectivity index (χ1) is 9.74. The highest BCUT2D eigenvalue weighted by Crippen LogP contribution is 2.23. The molecule has 1 rings (SSSR count). The van der Waals surface area contributed by atoms with Gasteiger partial charge in [-0.15, -0.1) is 0 Å². The van der Waals surface area contributed by atoms with E-state index in [0.717, 1.165) is 19.4 Å². The van der Waals surface area contributed by atoms with E-state index in [9.17, 15) is 8.42 Å². The Balaban J connectivity index is 2.47. The van der Waals surface area contributed by atoms with Gasteiger partial charge in [-0.25, -0.2) is 13.1 Å². The van der Waals surface area contributed by atoms with Crippen molar-refractivity contribution in [1.29, 1.82) is 0 Å². The average Bonchev–Trinajstić information content (AvgIpc) is 2.37. The van der Waals surface area contributed by atoms with Crippen molar-refractivity contribution in [1.82, 2.24) is 9.62 Å². The zero-order chi connectivity index (χ0) is 16.0. The van der Waals surface area contributed by atoms with Gasteiger partial charge in [0.05, 0.1) is 5.02 Å². The summed E-state index contributed by atoms with van der Waals surface area (Å²) in [5, 5.41) is 0.141. The van der Waals surface area contributed by atoms with Crippen LogP contribution in [-0.4, -0.2) is 39.5 Å². The lowest BCUT2D eigenvalue weighted by Crippen LogP contribution is -2.29. The van der Waals surface area contributed by atoms with Gasteiger partial charge >= 0.3 is 0 Å². The van der Waals surface area contributed by atoms with Gasteiger partial charge in [0.2, 0.25) is 10.0 Å². The molecular formula is C14H24ClN3O2S.